The van der Waals surface area contributed by atoms with Gasteiger partial charge in [0.05, 0.1) is 12.8 Å². The van der Waals surface area contributed by atoms with Crippen LogP contribution in [0, 0.1) is 5.92 Å². The molecule has 0 bridgehead atoms. The maximum absolute atomic E-state index is 11.9. The Bertz CT molecular complexity index is 404. The summed E-state index contributed by atoms with van der Waals surface area (Å²) in [4.78, 5) is 11.9. The summed E-state index contributed by atoms with van der Waals surface area (Å²) in [6, 6.07) is 7.01. The normalized spacial score (nSPS) is 11.8. The summed E-state index contributed by atoms with van der Waals surface area (Å²) < 4.78 is 5.17. The molecule has 1 aromatic carbocycles. The molecule has 1 aromatic rings. The molecule has 1 atom stereocenters. The van der Waals surface area contributed by atoms with Crippen LogP contribution in [0.2, 0.25) is 0 Å². The van der Waals surface area contributed by atoms with E-state index >= 15 is 0 Å². The Morgan fingerprint density at radius 2 is 2.10 bits per heavy atom. The van der Waals surface area contributed by atoms with E-state index in [9.17, 15) is 4.79 Å². The van der Waals surface area contributed by atoms with Gasteiger partial charge in [0.2, 0.25) is 0 Å². The molecule has 0 aromatic heterocycles. The van der Waals surface area contributed by atoms with Crippen LogP contribution in [0.25, 0.3) is 0 Å². The highest BCUT2D eigenvalue weighted by Gasteiger charge is 2.10. The van der Waals surface area contributed by atoms with E-state index in [0.29, 0.717) is 30.3 Å². The van der Waals surface area contributed by atoms with Gasteiger partial charge in [-0.2, -0.15) is 0 Å². The number of aliphatic hydroxyl groups excluding tert-OH is 1. The Morgan fingerprint density at radius 1 is 1.35 bits per heavy atom. The number of nitrogens with one attached hydrogen (secondary N) is 2. The number of ether oxygens (including phenoxy) is 1. The van der Waals surface area contributed by atoms with Crippen LogP contribution in [-0.2, 0) is 0 Å². The number of carbonyl (C=O) groups excluding carboxylic acids is 1. The van der Waals surface area contributed by atoms with Crippen molar-refractivity contribution in [3.63, 3.8) is 0 Å². The molecule has 20 heavy (non-hydrogen) atoms. The van der Waals surface area contributed by atoms with Crippen LogP contribution >= 0.6 is 0 Å². The summed E-state index contributed by atoms with van der Waals surface area (Å²) >= 11 is 0. The van der Waals surface area contributed by atoms with E-state index in [0.717, 1.165) is 12.8 Å². The van der Waals surface area contributed by atoms with E-state index in [1.54, 1.807) is 19.2 Å². The summed E-state index contributed by atoms with van der Waals surface area (Å²) in [7, 11) is 1.57. The van der Waals surface area contributed by atoms with E-state index < -0.39 is 0 Å². The van der Waals surface area contributed by atoms with Gasteiger partial charge in [-0.15, -0.1) is 0 Å². The second-order valence-corrected chi connectivity index (χ2v) is 4.70. The lowest BCUT2D eigenvalue weighted by Gasteiger charge is -2.16. The first-order valence-corrected chi connectivity index (χ1v) is 7.00. The first-order chi connectivity index (χ1) is 9.71. The van der Waals surface area contributed by atoms with Gasteiger partial charge in [0.15, 0.2) is 0 Å². The predicted octanol–water partition coefficient (Wildman–Crippen LogP) is 2.62. The van der Waals surface area contributed by atoms with E-state index in [2.05, 4.69) is 17.6 Å². The molecule has 3 N–H and O–H groups in total. The quantitative estimate of drug-likeness (QED) is 0.685. The topological polar surface area (TPSA) is 70.6 Å². The monoisotopic (exact) mass is 280 g/mol. The van der Waals surface area contributed by atoms with Gasteiger partial charge in [0, 0.05) is 13.2 Å². The van der Waals surface area contributed by atoms with Crippen molar-refractivity contribution >= 4 is 11.7 Å². The van der Waals surface area contributed by atoms with Gasteiger partial charge in [-0.05, 0) is 30.9 Å². The third kappa shape index (κ3) is 5.48. The van der Waals surface area contributed by atoms with Gasteiger partial charge in [0.1, 0.15) is 5.75 Å². The number of aliphatic hydroxyl groups is 1. The number of methoxy groups -OCH3 is 1. The molecule has 1 rings (SSSR count). The smallest absolute Gasteiger partial charge is 0.319 e. The standard InChI is InChI=1S/C15H24N2O3/c1-3-6-12(9-10-18)11-16-15(19)17-13-7-4-5-8-14(13)20-2/h4-5,7-8,12,18H,3,6,9-11H2,1-2H3,(H2,16,17,19). The molecule has 0 saturated carbocycles. The molecule has 0 saturated heterocycles. The first-order valence-electron chi connectivity index (χ1n) is 7.00. The number of amides is 2. The molecule has 0 spiro atoms. The van der Waals surface area contributed by atoms with E-state index in [4.69, 9.17) is 9.84 Å². The minimum absolute atomic E-state index is 0.153. The van der Waals surface area contributed by atoms with Crippen molar-refractivity contribution in [3.8, 4) is 5.75 Å². The van der Waals surface area contributed by atoms with Crippen LogP contribution in [0.5, 0.6) is 5.75 Å². The molecule has 1 unspecified atom stereocenters. The fourth-order valence-corrected chi connectivity index (χ4v) is 2.09. The molecular formula is C15H24N2O3. The summed E-state index contributed by atoms with van der Waals surface area (Å²) in [6.07, 6.45) is 2.75. The van der Waals surface area contributed by atoms with Crippen LogP contribution in [0.15, 0.2) is 24.3 Å². The molecule has 0 aliphatic heterocycles. The van der Waals surface area contributed by atoms with Crippen molar-refractivity contribution in [1.82, 2.24) is 5.32 Å². The van der Waals surface area contributed by atoms with Crippen LogP contribution in [0.4, 0.5) is 10.5 Å². The Kier molecular flexibility index (Phi) is 7.50. The maximum Gasteiger partial charge on any atom is 0.319 e. The molecule has 0 radical (unpaired) electrons. The van der Waals surface area contributed by atoms with E-state index in [1.165, 1.54) is 0 Å². The number of benzene rings is 1. The third-order valence-electron chi connectivity index (χ3n) is 3.14. The molecule has 0 aliphatic rings. The Morgan fingerprint density at radius 3 is 2.75 bits per heavy atom. The minimum atomic E-state index is -0.256. The largest absolute Gasteiger partial charge is 0.495 e. The zero-order valence-corrected chi connectivity index (χ0v) is 12.2. The third-order valence-corrected chi connectivity index (χ3v) is 3.14. The number of urea groups is 1. The van der Waals surface area contributed by atoms with Gasteiger partial charge < -0.3 is 20.5 Å². The van der Waals surface area contributed by atoms with Crippen molar-refractivity contribution in [1.29, 1.82) is 0 Å². The molecule has 0 heterocycles. The van der Waals surface area contributed by atoms with E-state index in [1.807, 2.05) is 12.1 Å². The average molecular weight is 280 g/mol. The molecular weight excluding hydrogens is 256 g/mol. The number of hydrogen-bond donors (Lipinski definition) is 3. The van der Waals surface area contributed by atoms with Crippen molar-refractivity contribution < 1.29 is 14.6 Å². The van der Waals surface area contributed by atoms with Crippen LogP contribution in [-0.4, -0.2) is 31.4 Å². The SMILES string of the molecule is CCCC(CCO)CNC(=O)Nc1ccccc1OC. The second-order valence-electron chi connectivity index (χ2n) is 4.70. The minimum Gasteiger partial charge on any atom is -0.495 e. The lowest BCUT2D eigenvalue weighted by atomic mass is 10.0. The Labute approximate surface area is 120 Å². The fraction of sp³-hybridized carbons (Fsp3) is 0.533. The summed E-state index contributed by atoms with van der Waals surface area (Å²) in [5, 5.41) is 14.6. The lowest BCUT2D eigenvalue weighted by molar-refractivity contribution is 0.236. The van der Waals surface area contributed by atoms with Crippen molar-refractivity contribution in [2.75, 3.05) is 25.6 Å². The number of anilines is 1. The highest BCUT2D eigenvalue weighted by molar-refractivity contribution is 5.90. The molecule has 5 nitrogen and oxygen atoms in total. The molecule has 0 fully saturated rings. The van der Waals surface area contributed by atoms with Crippen molar-refractivity contribution in [2.45, 2.75) is 26.2 Å². The Balaban J connectivity index is 2.46. The number of rotatable bonds is 8. The summed E-state index contributed by atoms with van der Waals surface area (Å²) in [5.74, 6) is 0.941. The van der Waals surface area contributed by atoms with Gasteiger partial charge in [-0.1, -0.05) is 25.5 Å². The number of hydrogen-bond acceptors (Lipinski definition) is 3. The predicted molar refractivity (Wildman–Crippen MR) is 80.1 cm³/mol. The van der Waals surface area contributed by atoms with Gasteiger partial charge in [0.25, 0.3) is 0 Å². The fourth-order valence-electron chi connectivity index (χ4n) is 2.09. The van der Waals surface area contributed by atoms with Crippen LogP contribution in [0.3, 0.4) is 0 Å². The van der Waals surface area contributed by atoms with Crippen LogP contribution < -0.4 is 15.4 Å². The number of para-hydroxylation sites is 2. The first kappa shape index (κ1) is 16.3. The van der Waals surface area contributed by atoms with Crippen LogP contribution in [0.1, 0.15) is 26.2 Å². The van der Waals surface area contributed by atoms with Gasteiger partial charge in [-0.3, -0.25) is 0 Å². The summed E-state index contributed by atoms with van der Waals surface area (Å²) in [5.41, 5.74) is 0.640. The highest BCUT2D eigenvalue weighted by Crippen LogP contribution is 2.22. The summed E-state index contributed by atoms with van der Waals surface area (Å²) in [6.45, 7) is 2.81. The molecule has 112 valence electrons. The Hall–Kier alpha value is -1.75. The van der Waals surface area contributed by atoms with Crippen molar-refractivity contribution in [3.05, 3.63) is 24.3 Å². The zero-order valence-electron chi connectivity index (χ0n) is 12.2. The zero-order chi connectivity index (χ0) is 14.8. The van der Waals surface area contributed by atoms with Gasteiger partial charge in [-0.25, -0.2) is 4.79 Å². The lowest BCUT2D eigenvalue weighted by Crippen LogP contribution is -2.33. The number of carbonyl (C=O) groups is 1. The average Bonchev–Trinajstić information content (AvgIpc) is 2.46. The van der Waals surface area contributed by atoms with E-state index in [-0.39, 0.29) is 12.6 Å². The molecule has 0 aliphatic carbocycles. The maximum atomic E-state index is 11.9. The second kappa shape index (κ2) is 9.20. The molecule has 2 amide bonds. The van der Waals surface area contributed by atoms with Gasteiger partial charge >= 0.3 is 6.03 Å². The molecule has 5 heteroatoms. The highest BCUT2D eigenvalue weighted by atomic mass is 16.5. The van der Waals surface area contributed by atoms with Crippen molar-refractivity contribution in [2.24, 2.45) is 5.92 Å².